The average molecular weight is 340 g/mol. The van der Waals surface area contributed by atoms with Gasteiger partial charge in [-0.1, -0.05) is 47.7 Å². The summed E-state index contributed by atoms with van der Waals surface area (Å²) in [6.45, 7) is 2.07. The lowest BCUT2D eigenvalue weighted by molar-refractivity contribution is 0.354. The standard InChI is InChI=1S/C19H20N2O2S/c1-12-4-6-13(7-5-12)15-11-18(24-19(20)21-15)14-8-9-16(22-2)17(10-14)23-3/h4-11,18H,1-3H3,(H2,20,21). The zero-order valence-electron chi connectivity index (χ0n) is 13.9. The number of thioether (sulfide) groups is 1. The summed E-state index contributed by atoms with van der Waals surface area (Å²) in [6.07, 6.45) is 2.13. The Morgan fingerprint density at radius 2 is 1.71 bits per heavy atom. The SMILES string of the molecule is COc1ccc(C2C=C(c3ccc(C)cc3)N=C(N)S2)cc1OC. The summed E-state index contributed by atoms with van der Waals surface area (Å²) in [5.74, 6) is 1.42. The summed E-state index contributed by atoms with van der Waals surface area (Å²) < 4.78 is 10.7. The summed E-state index contributed by atoms with van der Waals surface area (Å²) in [4.78, 5) is 4.50. The van der Waals surface area contributed by atoms with E-state index in [4.69, 9.17) is 15.2 Å². The minimum atomic E-state index is 0.0820. The smallest absolute Gasteiger partial charge is 0.161 e. The fourth-order valence-corrected chi connectivity index (χ4v) is 3.46. The van der Waals surface area contributed by atoms with Crippen molar-refractivity contribution < 1.29 is 9.47 Å². The maximum absolute atomic E-state index is 6.06. The van der Waals surface area contributed by atoms with Crippen LogP contribution in [-0.4, -0.2) is 19.4 Å². The van der Waals surface area contributed by atoms with E-state index in [-0.39, 0.29) is 5.25 Å². The van der Waals surface area contributed by atoms with Gasteiger partial charge in [0.15, 0.2) is 16.7 Å². The highest BCUT2D eigenvalue weighted by Gasteiger charge is 2.20. The van der Waals surface area contributed by atoms with Crippen LogP contribution in [0.4, 0.5) is 0 Å². The molecule has 124 valence electrons. The molecule has 1 unspecified atom stereocenters. The molecule has 2 N–H and O–H groups in total. The van der Waals surface area contributed by atoms with Gasteiger partial charge in [0, 0.05) is 0 Å². The van der Waals surface area contributed by atoms with Gasteiger partial charge in [-0.2, -0.15) is 0 Å². The molecule has 3 rings (SSSR count). The van der Waals surface area contributed by atoms with E-state index in [0.717, 1.165) is 16.8 Å². The molecule has 1 aliphatic rings. The highest BCUT2D eigenvalue weighted by molar-refractivity contribution is 8.14. The zero-order chi connectivity index (χ0) is 17.1. The highest BCUT2D eigenvalue weighted by Crippen LogP contribution is 2.40. The molecule has 24 heavy (non-hydrogen) atoms. The number of hydrogen-bond acceptors (Lipinski definition) is 5. The van der Waals surface area contributed by atoms with Gasteiger partial charge in [0.2, 0.25) is 0 Å². The molecule has 0 aliphatic carbocycles. The Kier molecular flexibility index (Phi) is 4.81. The summed E-state index contributed by atoms with van der Waals surface area (Å²) in [6, 6.07) is 14.2. The number of rotatable bonds is 4. The Bertz CT molecular complexity index is 798. The van der Waals surface area contributed by atoms with Crippen LogP contribution in [0.2, 0.25) is 0 Å². The summed E-state index contributed by atoms with van der Waals surface area (Å²) in [5.41, 5.74) is 10.3. The molecular formula is C19H20N2O2S. The van der Waals surface area contributed by atoms with Gasteiger partial charge in [-0.25, -0.2) is 4.99 Å². The molecule has 0 amide bonds. The lowest BCUT2D eigenvalue weighted by atomic mass is 10.1. The van der Waals surface area contributed by atoms with Crippen LogP contribution >= 0.6 is 11.8 Å². The predicted octanol–water partition coefficient (Wildman–Crippen LogP) is 4.16. The minimum Gasteiger partial charge on any atom is -0.493 e. The lowest BCUT2D eigenvalue weighted by Crippen LogP contribution is -2.13. The maximum atomic E-state index is 6.06. The van der Waals surface area contributed by atoms with Crippen molar-refractivity contribution in [3.63, 3.8) is 0 Å². The maximum Gasteiger partial charge on any atom is 0.161 e. The molecule has 0 fully saturated rings. The Morgan fingerprint density at radius 1 is 1.00 bits per heavy atom. The third kappa shape index (κ3) is 3.41. The number of nitrogens with two attached hydrogens (primary N) is 1. The molecule has 1 heterocycles. The van der Waals surface area contributed by atoms with Gasteiger partial charge in [-0.15, -0.1) is 0 Å². The van der Waals surface area contributed by atoms with Gasteiger partial charge in [0.05, 0.1) is 25.2 Å². The summed E-state index contributed by atoms with van der Waals surface area (Å²) in [5, 5.41) is 0.645. The molecule has 4 nitrogen and oxygen atoms in total. The fraction of sp³-hybridized carbons (Fsp3) is 0.211. The molecule has 0 aromatic heterocycles. The van der Waals surface area contributed by atoms with Crippen molar-refractivity contribution in [3.05, 3.63) is 65.2 Å². The van der Waals surface area contributed by atoms with Crippen molar-refractivity contribution in [2.45, 2.75) is 12.2 Å². The first-order valence-electron chi connectivity index (χ1n) is 7.62. The second kappa shape index (κ2) is 7.01. The first-order valence-corrected chi connectivity index (χ1v) is 8.50. The Hall–Kier alpha value is -2.40. The topological polar surface area (TPSA) is 56.8 Å². The molecule has 2 aromatic carbocycles. The number of ether oxygens (including phenoxy) is 2. The number of amidine groups is 1. The van der Waals surface area contributed by atoms with Crippen LogP contribution in [0.5, 0.6) is 11.5 Å². The second-order valence-corrected chi connectivity index (χ2v) is 6.68. The van der Waals surface area contributed by atoms with Gasteiger partial charge in [0.25, 0.3) is 0 Å². The van der Waals surface area contributed by atoms with Gasteiger partial charge in [-0.3, -0.25) is 0 Å². The predicted molar refractivity (Wildman–Crippen MR) is 101 cm³/mol. The Labute approximate surface area is 146 Å². The summed E-state index contributed by atoms with van der Waals surface area (Å²) in [7, 11) is 3.27. The van der Waals surface area contributed by atoms with Crippen molar-refractivity contribution >= 4 is 22.6 Å². The molecule has 5 heteroatoms. The number of hydrogen-bond donors (Lipinski definition) is 1. The number of benzene rings is 2. The van der Waals surface area contributed by atoms with Crippen molar-refractivity contribution in [3.8, 4) is 11.5 Å². The van der Waals surface area contributed by atoms with Crippen molar-refractivity contribution in [2.24, 2.45) is 10.7 Å². The van der Waals surface area contributed by atoms with Crippen molar-refractivity contribution in [1.29, 1.82) is 0 Å². The monoisotopic (exact) mass is 340 g/mol. The first-order chi connectivity index (χ1) is 11.6. The molecule has 0 saturated heterocycles. The molecule has 2 aromatic rings. The Morgan fingerprint density at radius 3 is 2.38 bits per heavy atom. The number of methoxy groups -OCH3 is 2. The molecule has 0 spiro atoms. The molecule has 0 bridgehead atoms. The van der Waals surface area contributed by atoms with Crippen LogP contribution in [0, 0.1) is 6.92 Å². The normalized spacial score (nSPS) is 17.0. The number of aryl methyl sites for hydroxylation is 1. The van der Waals surface area contributed by atoms with Gasteiger partial charge < -0.3 is 15.2 Å². The van der Waals surface area contributed by atoms with E-state index >= 15 is 0 Å². The van der Waals surface area contributed by atoms with E-state index in [0.29, 0.717) is 16.7 Å². The van der Waals surface area contributed by atoms with Gasteiger partial charge in [0.1, 0.15) is 0 Å². The number of nitrogens with zero attached hydrogens (tertiary/aromatic N) is 1. The highest BCUT2D eigenvalue weighted by atomic mass is 32.2. The number of aliphatic imine (C=N–C) groups is 1. The first kappa shape index (κ1) is 16.5. The van der Waals surface area contributed by atoms with E-state index in [9.17, 15) is 0 Å². The molecular weight excluding hydrogens is 320 g/mol. The molecule has 0 radical (unpaired) electrons. The van der Waals surface area contributed by atoms with Gasteiger partial charge >= 0.3 is 0 Å². The quantitative estimate of drug-likeness (QED) is 0.908. The van der Waals surface area contributed by atoms with E-state index in [2.05, 4.69) is 42.3 Å². The van der Waals surface area contributed by atoms with Crippen molar-refractivity contribution in [2.75, 3.05) is 14.2 Å². The van der Waals surface area contributed by atoms with E-state index in [1.165, 1.54) is 17.3 Å². The zero-order valence-corrected chi connectivity index (χ0v) is 14.8. The molecule has 0 saturated carbocycles. The van der Waals surface area contributed by atoms with Crippen LogP contribution in [0.25, 0.3) is 5.70 Å². The Balaban J connectivity index is 1.97. The van der Waals surface area contributed by atoms with Crippen LogP contribution in [0.3, 0.4) is 0 Å². The average Bonchev–Trinajstić information content (AvgIpc) is 2.61. The fourth-order valence-electron chi connectivity index (χ4n) is 2.57. The van der Waals surface area contributed by atoms with E-state index in [1.807, 2.05) is 18.2 Å². The van der Waals surface area contributed by atoms with Crippen LogP contribution in [-0.2, 0) is 0 Å². The minimum absolute atomic E-state index is 0.0820. The second-order valence-electron chi connectivity index (χ2n) is 5.52. The van der Waals surface area contributed by atoms with Crippen LogP contribution < -0.4 is 15.2 Å². The van der Waals surface area contributed by atoms with Crippen LogP contribution in [0.15, 0.2) is 53.5 Å². The molecule has 1 atom stereocenters. The third-order valence-electron chi connectivity index (χ3n) is 3.87. The third-order valence-corrected chi connectivity index (χ3v) is 4.87. The van der Waals surface area contributed by atoms with Crippen LogP contribution in [0.1, 0.15) is 21.9 Å². The van der Waals surface area contributed by atoms with E-state index < -0.39 is 0 Å². The molecule has 1 aliphatic heterocycles. The largest absolute Gasteiger partial charge is 0.493 e. The van der Waals surface area contributed by atoms with Gasteiger partial charge in [-0.05, 0) is 36.3 Å². The summed E-state index contributed by atoms with van der Waals surface area (Å²) >= 11 is 1.53. The van der Waals surface area contributed by atoms with Crippen molar-refractivity contribution in [1.82, 2.24) is 0 Å². The van der Waals surface area contributed by atoms with E-state index in [1.54, 1.807) is 14.2 Å². The lowest BCUT2D eigenvalue weighted by Gasteiger charge is -2.20.